The summed E-state index contributed by atoms with van der Waals surface area (Å²) in [6.45, 7) is 2.05. The van der Waals surface area contributed by atoms with Crippen molar-refractivity contribution in [3.8, 4) is 0 Å². The zero-order chi connectivity index (χ0) is 13.7. The van der Waals surface area contributed by atoms with Gasteiger partial charge < -0.3 is 4.90 Å². The number of hydrogen-bond donors (Lipinski definition) is 0. The molecule has 0 N–H and O–H groups in total. The molecule has 0 aliphatic heterocycles. The topological polar surface area (TPSA) is 59.0 Å². The highest BCUT2D eigenvalue weighted by atomic mass is 16.2. The van der Waals surface area contributed by atoms with Gasteiger partial charge in [0.05, 0.1) is 24.0 Å². The average Bonchev–Trinajstić information content (AvgIpc) is 2.49. The van der Waals surface area contributed by atoms with Crippen LogP contribution in [0.3, 0.4) is 0 Å². The van der Waals surface area contributed by atoms with Crippen LogP contribution in [0.1, 0.15) is 35.3 Å². The van der Waals surface area contributed by atoms with E-state index in [1.165, 1.54) is 12.4 Å². The fourth-order valence-electron chi connectivity index (χ4n) is 2.07. The molecule has 0 fully saturated rings. The predicted molar refractivity (Wildman–Crippen MR) is 71.4 cm³/mol. The molecular weight excluding hydrogens is 240 g/mol. The smallest absolute Gasteiger partial charge is 0.255 e. The molecule has 0 spiro atoms. The van der Waals surface area contributed by atoms with Gasteiger partial charge in [0.2, 0.25) is 0 Å². The molecule has 5 nitrogen and oxygen atoms in total. The second-order valence-electron chi connectivity index (χ2n) is 4.26. The van der Waals surface area contributed by atoms with E-state index in [4.69, 9.17) is 0 Å². The van der Waals surface area contributed by atoms with Crippen LogP contribution in [0.15, 0.2) is 43.0 Å². The second-order valence-corrected chi connectivity index (χ2v) is 4.26. The Kier molecular flexibility index (Phi) is 4.18. The summed E-state index contributed by atoms with van der Waals surface area (Å²) in [6.07, 6.45) is 7.35. The van der Waals surface area contributed by atoms with Gasteiger partial charge in [0.25, 0.3) is 5.91 Å². The van der Waals surface area contributed by atoms with Crippen molar-refractivity contribution in [2.75, 3.05) is 7.05 Å². The minimum atomic E-state index is -0.0643. The Morgan fingerprint density at radius 3 is 2.68 bits per heavy atom. The highest BCUT2D eigenvalue weighted by molar-refractivity contribution is 5.93. The van der Waals surface area contributed by atoms with E-state index in [1.54, 1.807) is 30.4 Å². The summed E-state index contributed by atoms with van der Waals surface area (Å²) in [6, 6.07) is 5.54. The normalized spacial score (nSPS) is 11.9. The molecule has 0 aliphatic carbocycles. The van der Waals surface area contributed by atoms with Gasteiger partial charge in [0.15, 0.2) is 0 Å². The van der Waals surface area contributed by atoms with E-state index in [1.807, 2.05) is 19.1 Å². The van der Waals surface area contributed by atoms with E-state index in [9.17, 15) is 4.79 Å². The number of hydrogen-bond acceptors (Lipinski definition) is 4. The molecule has 0 bridgehead atoms. The third-order valence-electron chi connectivity index (χ3n) is 3.07. The fourth-order valence-corrected chi connectivity index (χ4v) is 2.07. The van der Waals surface area contributed by atoms with Crippen molar-refractivity contribution in [2.24, 2.45) is 0 Å². The van der Waals surface area contributed by atoms with Crippen molar-refractivity contribution >= 4 is 5.91 Å². The lowest BCUT2D eigenvalue weighted by molar-refractivity contribution is 0.0725. The molecule has 1 atom stereocenters. The molecule has 98 valence electrons. The SMILES string of the molecule is CCC(c1cccnc1)N(C)C(=O)c1ccnnc1. The van der Waals surface area contributed by atoms with Gasteiger partial charge in [-0.1, -0.05) is 13.0 Å². The highest BCUT2D eigenvalue weighted by Gasteiger charge is 2.21. The van der Waals surface area contributed by atoms with Gasteiger partial charge in [0, 0.05) is 19.4 Å². The van der Waals surface area contributed by atoms with Crippen molar-refractivity contribution in [3.05, 3.63) is 54.1 Å². The Labute approximate surface area is 112 Å². The molecule has 0 aliphatic rings. The lowest BCUT2D eigenvalue weighted by Gasteiger charge is -2.27. The first-order valence-corrected chi connectivity index (χ1v) is 6.17. The van der Waals surface area contributed by atoms with Gasteiger partial charge >= 0.3 is 0 Å². The number of nitrogens with zero attached hydrogens (tertiary/aromatic N) is 4. The van der Waals surface area contributed by atoms with Gasteiger partial charge in [-0.2, -0.15) is 10.2 Å². The highest BCUT2D eigenvalue weighted by Crippen LogP contribution is 2.23. The third kappa shape index (κ3) is 2.93. The van der Waals surface area contributed by atoms with Gasteiger partial charge in [-0.15, -0.1) is 0 Å². The number of carbonyl (C=O) groups is 1. The summed E-state index contributed by atoms with van der Waals surface area (Å²) < 4.78 is 0. The molecule has 2 aromatic rings. The molecule has 1 amide bonds. The van der Waals surface area contributed by atoms with Crippen LogP contribution in [0.25, 0.3) is 0 Å². The minimum absolute atomic E-state index is 0.00867. The van der Waals surface area contributed by atoms with Crippen LogP contribution in [0.5, 0.6) is 0 Å². The molecule has 5 heteroatoms. The van der Waals surface area contributed by atoms with Crippen molar-refractivity contribution in [1.82, 2.24) is 20.1 Å². The Morgan fingerprint density at radius 1 is 1.26 bits per heavy atom. The first-order chi connectivity index (χ1) is 9.24. The van der Waals surface area contributed by atoms with E-state index in [0.29, 0.717) is 5.56 Å². The Hall–Kier alpha value is -2.30. The van der Waals surface area contributed by atoms with Crippen LogP contribution in [-0.2, 0) is 0 Å². The average molecular weight is 256 g/mol. The zero-order valence-electron chi connectivity index (χ0n) is 11.0. The maximum absolute atomic E-state index is 12.4. The van der Waals surface area contributed by atoms with Crippen molar-refractivity contribution < 1.29 is 4.79 Å². The second kappa shape index (κ2) is 6.04. The first kappa shape index (κ1) is 13.1. The minimum Gasteiger partial charge on any atom is -0.335 e. The third-order valence-corrected chi connectivity index (χ3v) is 3.07. The van der Waals surface area contributed by atoms with E-state index in [-0.39, 0.29) is 11.9 Å². The summed E-state index contributed by atoms with van der Waals surface area (Å²) in [5.74, 6) is -0.0643. The monoisotopic (exact) mass is 256 g/mol. The van der Waals surface area contributed by atoms with Crippen LogP contribution in [-0.4, -0.2) is 33.0 Å². The first-order valence-electron chi connectivity index (χ1n) is 6.17. The standard InChI is InChI=1S/C14H16N4O/c1-3-13(11-5-4-7-15-9-11)18(2)14(19)12-6-8-16-17-10-12/h4-10,13H,3H2,1-2H3. The predicted octanol–water partition coefficient (Wildman–Crippen LogP) is 2.09. The molecule has 19 heavy (non-hydrogen) atoms. The van der Waals surface area contributed by atoms with Crippen LogP contribution >= 0.6 is 0 Å². The summed E-state index contributed by atoms with van der Waals surface area (Å²) in [5.41, 5.74) is 1.57. The van der Waals surface area contributed by atoms with Crippen molar-refractivity contribution in [2.45, 2.75) is 19.4 Å². The molecule has 2 rings (SSSR count). The Balaban J connectivity index is 2.22. The fraction of sp³-hybridized carbons (Fsp3) is 0.286. The Morgan fingerprint density at radius 2 is 2.11 bits per heavy atom. The molecule has 2 aromatic heterocycles. The molecular formula is C14H16N4O. The van der Waals surface area contributed by atoms with E-state index < -0.39 is 0 Å². The van der Waals surface area contributed by atoms with Crippen LogP contribution in [0.4, 0.5) is 0 Å². The molecule has 0 aromatic carbocycles. The maximum Gasteiger partial charge on any atom is 0.255 e. The van der Waals surface area contributed by atoms with Gasteiger partial charge in [0.1, 0.15) is 0 Å². The van der Waals surface area contributed by atoms with Gasteiger partial charge in [-0.05, 0) is 24.1 Å². The molecule has 0 saturated carbocycles. The quantitative estimate of drug-likeness (QED) is 0.840. The van der Waals surface area contributed by atoms with Gasteiger partial charge in [-0.25, -0.2) is 0 Å². The Bertz CT molecular complexity index is 530. The molecule has 0 saturated heterocycles. The van der Waals surface area contributed by atoms with Gasteiger partial charge in [-0.3, -0.25) is 9.78 Å². The van der Waals surface area contributed by atoms with E-state index >= 15 is 0 Å². The zero-order valence-corrected chi connectivity index (χ0v) is 11.0. The van der Waals surface area contributed by atoms with Crippen LogP contribution < -0.4 is 0 Å². The number of carbonyl (C=O) groups excluding carboxylic acids is 1. The van der Waals surface area contributed by atoms with E-state index in [2.05, 4.69) is 15.2 Å². The van der Waals surface area contributed by atoms with Crippen molar-refractivity contribution in [3.63, 3.8) is 0 Å². The summed E-state index contributed by atoms with van der Waals surface area (Å²) in [4.78, 5) is 18.2. The summed E-state index contributed by atoms with van der Waals surface area (Å²) in [5, 5.41) is 7.42. The lowest BCUT2D eigenvalue weighted by atomic mass is 10.0. The number of rotatable bonds is 4. The maximum atomic E-state index is 12.4. The molecule has 0 radical (unpaired) electrons. The number of pyridine rings is 1. The van der Waals surface area contributed by atoms with E-state index in [0.717, 1.165) is 12.0 Å². The largest absolute Gasteiger partial charge is 0.335 e. The number of amides is 1. The summed E-state index contributed by atoms with van der Waals surface area (Å²) in [7, 11) is 1.80. The lowest BCUT2D eigenvalue weighted by Crippen LogP contribution is -2.31. The van der Waals surface area contributed by atoms with Crippen molar-refractivity contribution in [1.29, 1.82) is 0 Å². The van der Waals surface area contributed by atoms with Crippen LogP contribution in [0, 0.1) is 0 Å². The molecule has 1 unspecified atom stereocenters. The summed E-state index contributed by atoms with van der Waals surface area (Å²) >= 11 is 0. The van der Waals surface area contributed by atoms with Crippen LogP contribution in [0.2, 0.25) is 0 Å². The number of aromatic nitrogens is 3. The molecule has 2 heterocycles.